The maximum absolute atomic E-state index is 12.7. The van der Waals surface area contributed by atoms with Gasteiger partial charge in [0.25, 0.3) is 5.91 Å². The van der Waals surface area contributed by atoms with Gasteiger partial charge < -0.3 is 9.84 Å². The molecule has 1 aliphatic heterocycles. The summed E-state index contributed by atoms with van der Waals surface area (Å²) < 4.78 is 4.73. The minimum atomic E-state index is -1.05. The monoisotopic (exact) mass is 285 g/mol. The molecule has 3 amide bonds. The number of aromatic nitrogens is 1. The minimum absolute atomic E-state index is 0.0998. The summed E-state index contributed by atoms with van der Waals surface area (Å²) in [6.45, 7) is 3.74. The van der Waals surface area contributed by atoms with E-state index in [0.717, 1.165) is 16.0 Å². The molecular formula is C15H15N3O3. The van der Waals surface area contributed by atoms with Gasteiger partial charge in [-0.3, -0.25) is 9.69 Å². The number of hydrogen-bond acceptors (Lipinski definition) is 4. The van der Waals surface area contributed by atoms with Crippen molar-refractivity contribution in [3.63, 3.8) is 0 Å². The second kappa shape index (κ2) is 4.73. The summed E-state index contributed by atoms with van der Waals surface area (Å²) in [5.74, 6) is -0.287. The molecule has 1 fully saturated rings. The van der Waals surface area contributed by atoms with Crippen LogP contribution in [0.15, 0.2) is 41.1 Å². The lowest BCUT2D eigenvalue weighted by atomic mass is 9.88. The number of urea groups is 1. The minimum Gasteiger partial charge on any atom is -0.364 e. The first-order valence-corrected chi connectivity index (χ1v) is 6.62. The van der Waals surface area contributed by atoms with Crippen molar-refractivity contribution in [1.29, 1.82) is 0 Å². The van der Waals surface area contributed by atoms with Crippen LogP contribution >= 0.6 is 0 Å². The second-order valence-corrected chi connectivity index (χ2v) is 5.25. The molecule has 0 unspecified atom stereocenters. The molecule has 2 heterocycles. The number of carbonyl (C=O) groups is 2. The topological polar surface area (TPSA) is 75.4 Å². The van der Waals surface area contributed by atoms with Crippen LogP contribution in [0.25, 0.3) is 0 Å². The number of hydrogen-bond donors (Lipinski definition) is 1. The lowest BCUT2D eigenvalue weighted by Crippen LogP contribution is -2.41. The highest BCUT2D eigenvalue weighted by Crippen LogP contribution is 2.31. The molecule has 21 heavy (non-hydrogen) atoms. The van der Waals surface area contributed by atoms with E-state index in [0.29, 0.717) is 5.69 Å². The fraction of sp³-hybridized carbons (Fsp3) is 0.267. The highest BCUT2D eigenvalue weighted by Gasteiger charge is 2.49. The fourth-order valence-electron chi connectivity index (χ4n) is 2.64. The van der Waals surface area contributed by atoms with Crippen LogP contribution in [-0.4, -0.2) is 22.0 Å². The largest absolute Gasteiger partial charge is 0.364 e. The van der Waals surface area contributed by atoms with E-state index in [4.69, 9.17) is 4.52 Å². The Morgan fingerprint density at radius 1 is 1.29 bits per heavy atom. The average Bonchev–Trinajstić information content (AvgIpc) is 3.03. The van der Waals surface area contributed by atoms with Crippen molar-refractivity contribution in [2.24, 2.45) is 0 Å². The molecule has 1 atom stereocenters. The fourth-order valence-corrected chi connectivity index (χ4v) is 2.64. The molecule has 6 nitrogen and oxygen atoms in total. The van der Waals surface area contributed by atoms with Crippen LogP contribution in [0.5, 0.6) is 0 Å². The number of carbonyl (C=O) groups excluding carboxylic acids is 2. The van der Waals surface area contributed by atoms with Crippen molar-refractivity contribution >= 4 is 11.9 Å². The van der Waals surface area contributed by atoms with Gasteiger partial charge in [-0.1, -0.05) is 29.4 Å². The average molecular weight is 285 g/mol. The molecule has 1 aliphatic rings. The van der Waals surface area contributed by atoms with Crippen molar-refractivity contribution in [3.8, 4) is 0 Å². The Balaban J connectivity index is 1.94. The summed E-state index contributed by atoms with van der Waals surface area (Å²) in [5, 5.41) is 6.52. The van der Waals surface area contributed by atoms with E-state index in [-0.39, 0.29) is 12.5 Å². The number of aryl methyl sites for hydroxylation is 1. The van der Waals surface area contributed by atoms with Gasteiger partial charge in [-0.15, -0.1) is 0 Å². The first-order valence-electron chi connectivity index (χ1n) is 6.62. The summed E-state index contributed by atoms with van der Waals surface area (Å²) in [6, 6.07) is 8.73. The molecule has 0 bridgehead atoms. The number of nitrogens with zero attached hydrogens (tertiary/aromatic N) is 2. The van der Waals surface area contributed by atoms with Crippen molar-refractivity contribution in [2.75, 3.05) is 0 Å². The molecule has 0 radical (unpaired) electrons. The van der Waals surface area contributed by atoms with Crippen molar-refractivity contribution in [2.45, 2.75) is 25.9 Å². The van der Waals surface area contributed by atoms with Gasteiger partial charge in [-0.05, 0) is 25.0 Å². The van der Waals surface area contributed by atoms with Gasteiger partial charge in [0, 0.05) is 6.07 Å². The van der Waals surface area contributed by atoms with Gasteiger partial charge in [0.05, 0.1) is 6.54 Å². The predicted molar refractivity (Wildman–Crippen MR) is 74.1 cm³/mol. The van der Waals surface area contributed by atoms with Gasteiger partial charge in [0.1, 0.15) is 17.5 Å². The van der Waals surface area contributed by atoms with Crippen LogP contribution in [0.2, 0.25) is 0 Å². The van der Waals surface area contributed by atoms with Gasteiger partial charge in [-0.2, -0.15) is 0 Å². The summed E-state index contributed by atoms with van der Waals surface area (Å²) in [5.41, 5.74) is 1.24. The standard InChI is InChI=1S/C15H15N3O3/c1-10-5-3-4-6-12(10)15(2)13(19)18(14(20)16-15)9-11-7-8-21-17-11/h3-8H,9H2,1-2H3,(H,16,20)/t15-/m0/s1. The summed E-state index contributed by atoms with van der Waals surface area (Å²) in [6.07, 6.45) is 1.41. The predicted octanol–water partition coefficient (Wildman–Crippen LogP) is 1.95. The number of benzene rings is 1. The highest BCUT2D eigenvalue weighted by atomic mass is 16.5. The third-order valence-electron chi connectivity index (χ3n) is 3.77. The molecule has 108 valence electrons. The number of nitrogens with one attached hydrogen (secondary N) is 1. The summed E-state index contributed by atoms with van der Waals surface area (Å²) in [4.78, 5) is 26.0. The van der Waals surface area contributed by atoms with E-state index < -0.39 is 11.6 Å². The van der Waals surface area contributed by atoms with Gasteiger partial charge in [-0.25, -0.2) is 4.79 Å². The zero-order valence-electron chi connectivity index (χ0n) is 11.8. The summed E-state index contributed by atoms with van der Waals surface area (Å²) >= 11 is 0. The Morgan fingerprint density at radius 3 is 2.71 bits per heavy atom. The van der Waals surface area contributed by atoms with Crippen molar-refractivity contribution in [3.05, 3.63) is 53.4 Å². The van der Waals surface area contributed by atoms with Crippen LogP contribution in [0, 0.1) is 6.92 Å². The SMILES string of the molecule is Cc1ccccc1[C@]1(C)NC(=O)N(Cc2ccon2)C1=O. The molecule has 0 aliphatic carbocycles. The molecule has 0 saturated carbocycles. The van der Waals surface area contributed by atoms with Crippen LogP contribution in [0.4, 0.5) is 4.79 Å². The van der Waals surface area contributed by atoms with Crippen LogP contribution in [0.3, 0.4) is 0 Å². The van der Waals surface area contributed by atoms with E-state index in [2.05, 4.69) is 10.5 Å². The van der Waals surface area contributed by atoms with Crippen LogP contribution in [0.1, 0.15) is 23.7 Å². The van der Waals surface area contributed by atoms with E-state index >= 15 is 0 Å². The third kappa shape index (κ3) is 2.08. The van der Waals surface area contributed by atoms with E-state index in [1.54, 1.807) is 13.0 Å². The van der Waals surface area contributed by atoms with Crippen LogP contribution in [-0.2, 0) is 16.9 Å². The Morgan fingerprint density at radius 2 is 2.05 bits per heavy atom. The van der Waals surface area contributed by atoms with E-state index in [9.17, 15) is 9.59 Å². The zero-order chi connectivity index (χ0) is 15.0. The quantitative estimate of drug-likeness (QED) is 0.875. The third-order valence-corrected chi connectivity index (χ3v) is 3.77. The lowest BCUT2D eigenvalue weighted by molar-refractivity contribution is -0.131. The molecule has 1 aromatic carbocycles. The highest BCUT2D eigenvalue weighted by molar-refractivity contribution is 6.07. The molecule has 1 N–H and O–H groups in total. The first-order chi connectivity index (χ1) is 10.0. The van der Waals surface area contributed by atoms with Gasteiger partial charge in [0.15, 0.2) is 0 Å². The van der Waals surface area contributed by atoms with Gasteiger partial charge >= 0.3 is 6.03 Å². The molecule has 1 saturated heterocycles. The van der Waals surface area contributed by atoms with Crippen molar-refractivity contribution in [1.82, 2.24) is 15.4 Å². The lowest BCUT2D eigenvalue weighted by Gasteiger charge is -2.24. The molecule has 0 spiro atoms. The smallest absolute Gasteiger partial charge is 0.325 e. The normalized spacial score (nSPS) is 21.7. The zero-order valence-corrected chi connectivity index (χ0v) is 11.8. The Hall–Kier alpha value is -2.63. The van der Waals surface area contributed by atoms with E-state index in [1.165, 1.54) is 6.26 Å². The molecule has 1 aromatic heterocycles. The Labute approximate surface area is 121 Å². The Bertz CT molecular complexity index is 696. The van der Waals surface area contributed by atoms with E-state index in [1.807, 2.05) is 31.2 Å². The maximum atomic E-state index is 12.7. The summed E-state index contributed by atoms with van der Waals surface area (Å²) in [7, 11) is 0. The number of rotatable bonds is 3. The molecule has 6 heteroatoms. The van der Waals surface area contributed by atoms with Gasteiger partial charge in [0.2, 0.25) is 0 Å². The maximum Gasteiger partial charge on any atom is 0.325 e. The molecule has 3 rings (SSSR count). The Kier molecular flexibility index (Phi) is 3.01. The molecular weight excluding hydrogens is 270 g/mol. The second-order valence-electron chi connectivity index (χ2n) is 5.25. The number of imide groups is 1. The number of amides is 3. The molecule has 2 aromatic rings. The van der Waals surface area contributed by atoms with Crippen molar-refractivity contribution < 1.29 is 14.1 Å². The first kappa shape index (κ1) is 13.4. The van der Waals surface area contributed by atoms with Crippen LogP contribution < -0.4 is 5.32 Å².